The molecule has 0 radical (unpaired) electrons. The molecule has 105 heavy (non-hydrogen) atoms. The first-order valence-corrected chi connectivity index (χ1v) is 37.0. The summed E-state index contributed by atoms with van der Waals surface area (Å²) in [4.78, 5) is 82.4. The molecule has 25 nitrogen and oxygen atoms in total. The molecule has 0 atom stereocenters. The Morgan fingerprint density at radius 3 is 1.37 bits per heavy atom. The van der Waals surface area contributed by atoms with E-state index in [-0.39, 0.29) is 180 Å². The van der Waals surface area contributed by atoms with Gasteiger partial charge in [0.15, 0.2) is 0 Å². The van der Waals surface area contributed by atoms with Crippen LogP contribution >= 0.6 is 58.0 Å². The van der Waals surface area contributed by atoms with Gasteiger partial charge in [0.2, 0.25) is 17.1 Å². The number of aryl methyl sites for hydroxylation is 2. The fraction of sp³-hybridized carbons (Fsp3) is 0.521. The number of aromatic hydroxyl groups is 1. The minimum Gasteiger partial charge on any atom is -1.00 e. The number of phenols is 1. The van der Waals surface area contributed by atoms with Crippen molar-refractivity contribution in [2.75, 3.05) is 111 Å². The molecule has 5 aliphatic rings. The van der Waals surface area contributed by atoms with Crippen LogP contribution in [0.15, 0.2) is 97.3 Å². The molecule has 7 heterocycles. The summed E-state index contributed by atoms with van der Waals surface area (Å²) in [5.41, 5.74) is 9.39. The number of amides is 2. The third kappa shape index (κ3) is 37.5. The fourth-order valence-electron chi connectivity index (χ4n) is 12.3. The predicted molar refractivity (Wildman–Crippen MR) is 399 cm³/mol. The first-order valence-electron chi connectivity index (χ1n) is 35.1. The Morgan fingerprint density at radius 2 is 0.952 bits per heavy atom. The monoisotopic (exact) mass is 1790 g/mol. The summed E-state index contributed by atoms with van der Waals surface area (Å²) in [6, 6.07) is 23.0. The number of non-ortho nitro benzene ring substituents is 2. The number of halogens is 5. The summed E-state index contributed by atoms with van der Waals surface area (Å²) in [6.07, 6.45) is 23.5. The van der Waals surface area contributed by atoms with Gasteiger partial charge >= 0.3 is 138 Å². The van der Waals surface area contributed by atoms with Gasteiger partial charge in [-0.05, 0) is 226 Å². The first-order chi connectivity index (χ1) is 49.7. The van der Waals surface area contributed by atoms with Gasteiger partial charge in [-0.3, -0.25) is 34.6 Å². The fourth-order valence-corrected chi connectivity index (χ4v) is 13.1. The second-order valence-electron chi connectivity index (χ2n) is 25.6. The van der Waals surface area contributed by atoms with Gasteiger partial charge < -0.3 is 61.1 Å². The Balaban J connectivity index is 0.000000353. The molecule has 0 aliphatic carbocycles. The number of piperidine rings is 2. The molecule has 0 unspecified atom stereocenters. The van der Waals surface area contributed by atoms with Gasteiger partial charge in [-0.25, -0.2) is 19.9 Å². The summed E-state index contributed by atoms with van der Waals surface area (Å²) in [7, 11) is 0. The zero-order valence-electron chi connectivity index (χ0n) is 61.7. The minimum absolute atomic E-state index is 0. The van der Waals surface area contributed by atoms with Gasteiger partial charge in [0.25, 0.3) is 17.8 Å². The number of benzene rings is 4. The number of rotatable bonds is 26. The number of nitrogens with zero attached hydrogens (tertiary/aromatic N) is 11. The van der Waals surface area contributed by atoms with E-state index in [0.717, 1.165) is 164 Å². The summed E-state index contributed by atoms with van der Waals surface area (Å²) in [5, 5.41) is 40.2. The van der Waals surface area contributed by atoms with Crippen LogP contribution in [0, 0.1) is 32.1 Å². The molecule has 4 aromatic carbocycles. The van der Waals surface area contributed by atoms with Gasteiger partial charge in [-0.1, -0.05) is 52.5 Å². The molecule has 11 rings (SSSR count). The number of anilines is 1. The van der Waals surface area contributed by atoms with Gasteiger partial charge in [-0.2, -0.15) is 0 Å². The van der Waals surface area contributed by atoms with Crippen LogP contribution in [-0.4, -0.2) is 183 Å². The number of nitrogens with two attached hydrogens (primary N) is 1. The summed E-state index contributed by atoms with van der Waals surface area (Å²) < 4.78 is 17.2. The van der Waals surface area contributed by atoms with Crippen LogP contribution in [0.2, 0.25) is 25.4 Å². The number of nitro benzene ring substituents is 2. The Hall–Kier alpha value is -3.36. The van der Waals surface area contributed by atoms with E-state index in [2.05, 4.69) is 34.5 Å². The number of carbonyl (C=O) groups excluding carboxylic acids is 3. The molecule has 0 spiro atoms. The third-order valence-corrected chi connectivity index (χ3v) is 19.5. The van der Waals surface area contributed by atoms with Crippen molar-refractivity contribution in [3.63, 3.8) is 0 Å². The van der Waals surface area contributed by atoms with E-state index in [1.165, 1.54) is 95.0 Å². The minimum atomic E-state index is -0.601. The van der Waals surface area contributed by atoms with Crippen molar-refractivity contribution in [1.82, 2.24) is 44.4 Å². The third-order valence-electron chi connectivity index (χ3n) is 18.0. The van der Waals surface area contributed by atoms with Crippen molar-refractivity contribution in [2.45, 2.75) is 129 Å². The average Bonchev–Trinajstić information content (AvgIpc) is 1.15. The molecule has 5 fully saturated rings. The van der Waals surface area contributed by atoms with Crippen LogP contribution in [0.3, 0.4) is 0 Å². The number of phenolic OH excluding ortho intramolecular Hbond substituents is 1. The van der Waals surface area contributed by atoms with Crippen LogP contribution < -0.4 is 163 Å². The molecule has 2 aromatic heterocycles. The van der Waals surface area contributed by atoms with Crippen LogP contribution in [0.5, 0.6) is 23.0 Å². The molecule has 3 N–H and O–H groups in total. The molecule has 2 amide bonds. The van der Waals surface area contributed by atoms with Crippen molar-refractivity contribution in [3.8, 4) is 23.0 Å². The van der Waals surface area contributed by atoms with Crippen molar-refractivity contribution in [1.29, 1.82) is 0 Å². The number of likely N-dealkylation sites (tertiary alicyclic amines) is 5. The molecule has 564 valence electrons. The largest absolute Gasteiger partial charge is 1.00 e. The number of hydrogen-bond donors (Lipinski definition) is 2. The molecule has 0 bridgehead atoms. The van der Waals surface area contributed by atoms with Crippen LogP contribution in [0.25, 0.3) is 0 Å². The molecule has 0 saturated carbocycles. The standard InChI is InChI=1S/C27H37ClN4O2.C13H18ClN3O.C13H17ClN2O3.C13H19ClN2O.C6H4ClNO3.CH2O3.2Cs.H/c1-21(33)32-16-10-22(11-17-32)5-7-24-9-12-29-27(30-24)20-23-6-8-25(28)26(19-23)34-18-4-15-31-13-2-3-14-31;1-10(18)17-8-5-11(6-9-17)2-3-12-4-7-15-13(14)16-12;14-12-5-4-11(16(17)18)10-13(12)19-9-3-8-15-6-1-2-7-15;14-12-5-4-11(15)10-13(12)17-9-3-8-16-6-1-2-7-16;7-5-2-1-4(8(10)11)3-6(5)9;2-1-4-3;;;/h6,8-9,12,19,22H,2-5,7,10-11,13-18,20H2,1H3;4,7,11H,2-3,5-6,8-9H2,1H3;4-5,10H,1-3,6-9H2;4-5,10H,1-3,6-9,15H2;1-3,9H;1,3H;;;/q;;;;;;2*+1;-1/p-1. The average molecular weight is 1790 g/mol. The van der Waals surface area contributed by atoms with Gasteiger partial charge in [0.1, 0.15) is 28.8 Å². The van der Waals surface area contributed by atoms with Crippen LogP contribution in [-0.2, 0) is 38.5 Å². The smallest absolute Gasteiger partial charge is 1.00 e. The molecule has 6 aromatic rings. The Morgan fingerprint density at radius 1 is 0.562 bits per heavy atom. The van der Waals surface area contributed by atoms with E-state index in [4.69, 9.17) is 98.1 Å². The molecular weight excluding hydrogens is 1700 g/mol. The van der Waals surface area contributed by atoms with Gasteiger partial charge in [0.05, 0.1) is 61.9 Å². The number of ether oxygens (including phenoxy) is 3. The SMILES string of the molecule is CC(=O)N1CCC(CCc2ccnc(Cc3ccc(Cl)c(OCCCN4CCCC4)c3)n2)CC1.CC(=O)N1CCC(CCc2ccnc(Cl)n2)CC1.Nc1ccc(Cl)c(OCCCN2CCCC2)c1.O=CO[O-].O=[N+]([O-])c1ccc(Cl)c(O)c1.O=[N+]([O-])c1ccc(Cl)c(OCCCN2CCCC2)c1.[Cs+].[Cs+].[H-]. The van der Waals surface area contributed by atoms with E-state index in [9.17, 15) is 29.8 Å². The molecular formula is C73H97Cl5Cs2N12O13. The number of aromatic nitrogens is 4. The maximum absolute atomic E-state index is 11.5. The van der Waals surface area contributed by atoms with E-state index in [0.29, 0.717) is 75.6 Å². The predicted octanol–water partition coefficient (Wildman–Crippen LogP) is 7.51. The second-order valence-corrected chi connectivity index (χ2v) is 27.6. The normalized spacial score (nSPS) is 15.2. The Kier molecular flexibility index (Phi) is 47.9. The van der Waals surface area contributed by atoms with Crippen molar-refractivity contribution in [3.05, 3.63) is 166 Å². The van der Waals surface area contributed by atoms with E-state index >= 15 is 0 Å². The van der Waals surface area contributed by atoms with Crippen LogP contribution in [0.1, 0.15) is 134 Å². The number of nitro groups is 2. The number of carbonyl (C=O) groups is 3. The number of nitrogen functional groups attached to an aromatic ring is 1. The quantitative estimate of drug-likeness (QED) is 0.0101. The van der Waals surface area contributed by atoms with Gasteiger partial charge in [-0.15, -0.1) is 0 Å². The van der Waals surface area contributed by atoms with E-state index in [1.54, 1.807) is 38.2 Å². The van der Waals surface area contributed by atoms with Crippen molar-refractivity contribution < 1.29 is 193 Å². The summed E-state index contributed by atoms with van der Waals surface area (Å²) in [6.45, 7) is 19.0. The molecule has 5 saturated heterocycles. The zero-order chi connectivity index (χ0) is 74.3. The number of hydrogen-bond acceptors (Lipinski definition) is 21. The summed E-state index contributed by atoms with van der Waals surface area (Å²) >= 11 is 29.5. The topological polar surface area (TPSA) is 311 Å². The van der Waals surface area contributed by atoms with Crippen molar-refractivity contribution >= 4 is 93.4 Å². The molecule has 5 aliphatic heterocycles. The zero-order valence-corrected chi connectivity index (χ0v) is 77.1. The van der Waals surface area contributed by atoms with Crippen molar-refractivity contribution in [2.24, 2.45) is 11.8 Å². The maximum atomic E-state index is 11.5. The van der Waals surface area contributed by atoms with Gasteiger partial charge in [0, 0.05) is 114 Å². The molecule has 32 heteroatoms. The first kappa shape index (κ1) is 94.0. The Labute approximate surface area is 760 Å². The second kappa shape index (κ2) is 53.5. The van der Waals surface area contributed by atoms with E-state index in [1.807, 2.05) is 46.3 Å². The maximum Gasteiger partial charge on any atom is 1.00 e. The van der Waals surface area contributed by atoms with Crippen LogP contribution in [0.4, 0.5) is 17.1 Å². The summed E-state index contributed by atoms with van der Waals surface area (Å²) in [5.74, 6) is 4.10. The van der Waals surface area contributed by atoms with E-state index < -0.39 is 9.85 Å². The Bertz CT molecular complexity index is 3580.